The fourth-order valence-corrected chi connectivity index (χ4v) is 3.35. The minimum atomic E-state index is -0.346. The van der Waals surface area contributed by atoms with E-state index in [1.807, 2.05) is 6.07 Å². The summed E-state index contributed by atoms with van der Waals surface area (Å²) in [5, 5.41) is 0. The van der Waals surface area contributed by atoms with Crippen LogP contribution in [0.3, 0.4) is 0 Å². The van der Waals surface area contributed by atoms with Crippen molar-refractivity contribution < 1.29 is 9.47 Å². The highest BCUT2D eigenvalue weighted by molar-refractivity contribution is 7.15. The van der Waals surface area contributed by atoms with Gasteiger partial charge in [-0.05, 0) is 30.7 Å². The highest BCUT2D eigenvalue weighted by Crippen LogP contribution is 2.27. The fourth-order valence-electron chi connectivity index (χ4n) is 2.32. The van der Waals surface area contributed by atoms with Crippen LogP contribution in [0.4, 0.5) is 0 Å². The number of thiazole rings is 1. The van der Waals surface area contributed by atoms with Gasteiger partial charge >= 0.3 is 0 Å². The van der Waals surface area contributed by atoms with Crippen LogP contribution in [-0.2, 0) is 0 Å². The number of ether oxygens (including phenoxy) is 2. The van der Waals surface area contributed by atoms with Crippen LogP contribution in [-0.4, -0.2) is 23.6 Å². The number of rotatable bonds is 3. The maximum atomic E-state index is 12.5. The average Bonchev–Trinajstić information content (AvgIpc) is 2.83. The van der Waals surface area contributed by atoms with Crippen LogP contribution in [0, 0.1) is 6.92 Å². The molecule has 3 rings (SSSR count). The Bertz CT molecular complexity index is 1050. The van der Waals surface area contributed by atoms with Gasteiger partial charge in [-0.15, -0.1) is 0 Å². The van der Waals surface area contributed by atoms with Gasteiger partial charge in [-0.2, -0.15) is 4.98 Å². The van der Waals surface area contributed by atoms with E-state index < -0.39 is 0 Å². The fraction of sp³-hybridized carbons (Fsp3) is 0.188. The number of aryl methyl sites for hydroxylation is 1. The van der Waals surface area contributed by atoms with Crippen molar-refractivity contribution in [1.29, 1.82) is 0 Å². The highest BCUT2D eigenvalue weighted by atomic mass is 32.1. The van der Waals surface area contributed by atoms with E-state index in [1.165, 1.54) is 21.8 Å². The molecule has 0 amide bonds. The number of hydrogen-bond donors (Lipinski definition) is 0. The molecule has 0 radical (unpaired) electrons. The maximum Gasteiger partial charge on any atom is 0.274 e. The zero-order valence-electron chi connectivity index (χ0n) is 12.8. The Balaban J connectivity index is 2.23. The number of benzene rings is 1. The van der Waals surface area contributed by atoms with Gasteiger partial charge < -0.3 is 9.47 Å². The first-order valence-corrected chi connectivity index (χ1v) is 7.62. The minimum Gasteiger partial charge on any atom is -0.493 e. The molecule has 0 aliphatic heterocycles. The SMILES string of the molecule is COc1ccc(C=c2sc3nc(=O)cc(C)n3c2=O)cc1OC. The predicted molar refractivity (Wildman–Crippen MR) is 88.7 cm³/mol. The van der Waals surface area contributed by atoms with E-state index in [9.17, 15) is 9.59 Å². The summed E-state index contributed by atoms with van der Waals surface area (Å²) in [5.74, 6) is 1.20. The van der Waals surface area contributed by atoms with Gasteiger partial charge in [-0.1, -0.05) is 17.4 Å². The van der Waals surface area contributed by atoms with Crippen molar-refractivity contribution in [3.8, 4) is 11.5 Å². The van der Waals surface area contributed by atoms with Gasteiger partial charge in [0.05, 0.1) is 18.8 Å². The Morgan fingerprint density at radius 1 is 1.13 bits per heavy atom. The Labute approximate surface area is 135 Å². The first kappa shape index (κ1) is 15.2. The van der Waals surface area contributed by atoms with Gasteiger partial charge in [0.1, 0.15) is 0 Å². The number of nitrogens with zero attached hydrogens (tertiary/aromatic N) is 2. The molecule has 0 atom stereocenters. The van der Waals surface area contributed by atoms with Crippen molar-refractivity contribution in [3.63, 3.8) is 0 Å². The van der Waals surface area contributed by atoms with Crippen molar-refractivity contribution in [1.82, 2.24) is 9.38 Å². The molecule has 6 nitrogen and oxygen atoms in total. The van der Waals surface area contributed by atoms with E-state index in [4.69, 9.17) is 9.47 Å². The number of aromatic nitrogens is 2. The van der Waals surface area contributed by atoms with Crippen LogP contribution in [0.2, 0.25) is 0 Å². The van der Waals surface area contributed by atoms with Crippen molar-refractivity contribution in [2.75, 3.05) is 14.2 Å². The summed E-state index contributed by atoms with van der Waals surface area (Å²) < 4.78 is 12.4. The third-order valence-electron chi connectivity index (χ3n) is 3.40. The molecule has 1 aromatic carbocycles. The monoisotopic (exact) mass is 330 g/mol. The minimum absolute atomic E-state index is 0.190. The van der Waals surface area contributed by atoms with Crippen molar-refractivity contribution in [2.24, 2.45) is 0 Å². The lowest BCUT2D eigenvalue weighted by molar-refractivity contribution is 0.355. The predicted octanol–water partition coefficient (Wildman–Crippen LogP) is 0.990. The Hall–Kier alpha value is -2.67. The zero-order valence-corrected chi connectivity index (χ0v) is 13.6. The molecule has 0 aliphatic carbocycles. The summed E-state index contributed by atoms with van der Waals surface area (Å²) in [5.41, 5.74) is 0.839. The van der Waals surface area contributed by atoms with Crippen LogP contribution in [0.5, 0.6) is 11.5 Å². The average molecular weight is 330 g/mol. The van der Waals surface area contributed by atoms with Gasteiger partial charge in [0.15, 0.2) is 11.5 Å². The second-order valence-electron chi connectivity index (χ2n) is 4.88. The smallest absolute Gasteiger partial charge is 0.274 e. The number of methoxy groups -OCH3 is 2. The van der Waals surface area contributed by atoms with E-state index >= 15 is 0 Å². The Morgan fingerprint density at radius 3 is 2.57 bits per heavy atom. The van der Waals surface area contributed by atoms with Gasteiger partial charge in [0.2, 0.25) is 4.96 Å². The number of hydrogen-bond acceptors (Lipinski definition) is 6. The van der Waals surface area contributed by atoms with Gasteiger partial charge in [-0.25, -0.2) is 0 Å². The second-order valence-corrected chi connectivity index (χ2v) is 5.89. The molecule has 3 aromatic rings. The molecule has 0 N–H and O–H groups in total. The second kappa shape index (κ2) is 5.85. The van der Waals surface area contributed by atoms with Gasteiger partial charge in [0, 0.05) is 11.8 Å². The quantitative estimate of drug-likeness (QED) is 0.716. The van der Waals surface area contributed by atoms with Crippen LogP contribution < -0.4 is 25.1 Å². The normalized spacial score (nSPS) is 11.9. The maximum absolute atomic E-state index is 12.5. The summed E-state index contributed by atoms with van der Waals surface area (Å²) in [4.78, 5) is 28.2. The van der Waals surface area contributed by atoms with Crippen molar-refractivity contribution in [2.45, 2.75) is 6.92 Å². The van der Waals surface area contributed by atoms with Crippen LogP contribution in [0.25, 0.3) is 11.0 Å². The van der Waals surface area contributed by atoms with E-state index in [-0.39, 0.29) is 11.1 Å². The Morgan fingerprint density at radius 2 is 1.87 bits per heavy atom. The molecule has 23 heavy (non-hydrogen) atoms. The molecule has 118 valence electrons. The third kappa shape index (κ3) is 2.70. The molecule has 0 aliphatic rings. The molecule has 0 fully saturated rings. The lowest BCUT2D eigenvalue weighted by Gasteiger charge is -2.07. The first-order chi connectivity index (χ1) is 11.0. The van der Waals surface area contributed by atoms with Crippen LogP contribution in [0.15, 0.2) is 33.9 Å². The number of fused-ring (bicyclic) bond motifs is 1. The molecule has 0 unspecified atom stereocenters. The standard InChI is InChI=1S/C16H14N2O4S/c1-9-6-14(19)17-16-18(9)15(20)13(23-16)8-10-4-5-11(21-2)12(7-10)22-3/h4-8H,1-3H3. The molecule has 0 saturated heterocycles. The summed E-state index contributed by atoms with van der Waals surface area (Å²) in [7, 11) is 3.12. The zero-order chi connectivity index (χ0) is 16.6. The Kier molecular flexibility index (Phi) is 3.87. The van der Waals surface area contributed by atoms with Crippen LogP contribution >= 0.6 is 11.3 Å². The topological polar surface area (TPSA) is 69.9 Å². The molecule has 2 aromatic heterocycles. The summed E-state index contributed by atoms with van der Waals surface area (Å²) in [6.45, 7) is 1.71. The molecule has 0 spiro atoms. The summed E-state index contributed by atoms with van der Waals surface area (Å²) in [6, 6.07) is 6.73. The van der Waals surface area contributed by atoms with Gasteiger partial charge in [0.25, 0.3) is 11.1 Å². The van der Waals surface area contributed by atoms with Gasteiger partial charge in [-0.3, -0.25) is 14.0 Å². The highest BCUT2D eigenvalue weighted by Gasteiger charge is 2.08. The van der Waals surface area contributed by atoms with Crippen molar-refractivity contribution in [3.05, 3.63) is 60.8 Å². The van der Waals surface area contributed by atoms with E-state index in [2.05, 4.69) is 4.98 Å². The molecule has 7 heteroatoms. The third-order valence-corrected chi connectivity index (χ3v) is 4.37. The van der Waals surface area contributed by atoms with E-state index in [0.717, 1.165) is 5.56 Å². The van der Waals surface area contributed by atoms with E-state index in [0.29, 0.717) is 26.7 Å². The summed E-state index contributed by atoms with van der Waals surface area (Å²) in [6.07, 6.45) is 1.74. The lowest BCUT2D eigenvalue weighted by Crippen LogP contribution is -2.25. The largest absolute Gasteiger partial charge is 0.493 e. The first-order valence-electron chi connectivity index (χ1n) is 6.80. The van der Waals surface area contributed by atoms with Crippen LogP contribution in [0.1, 0.15) is 11.3 Å². The molecular weight excluding hydrogens is 316 g/mol. The summed E-state index contributed by atoms with van der Waals surface area (Å²) >= 11 is 1.18. The molecular formula is C16H14N2O4S. The molecule has 0 saturated carbocycles. The van der Waals surface area contributed by atoms with Crippen molar-refractivity contribution >= 4 is 22.4 Å². The van der Waals surface area contributed by atoms with E-state index in [1.54, 1.807) is 39.4 Å². The lowest BCUT2D eigenvalue weighted by atomic mass is 10.2. The molecule has 2 heterocycles. The molecule has 0 bridgehead atoms.